The molecular weight excluding hydrogens is 464 g/mol. The van der Waals surface area contributed by atoms with Gasteiger partial charge in [0.05, 0.1) is 10.9 Å². The number of ether oxygens (including phenoxy) is 1. The van der Waals surface area contributed by atoms with E-state index in [1.807, 2.05) is 24.3 Å². The lowest BCUT2D eigenvalue weighted by Crippen LogP contribution is -2.42. The quantitative estimate of drug-likeness (QED) is 0.160. The molecule has 0 aliphatic carbocycles. The fraction of sp³-hybridized carbons (Fsp3) is 0.296. The van der Waals surface area contributed by atoms with Crippen molar-refractivity contribution in [1.82, 2.24) is 0 Å². The van der Waals surface area contributed by atoms with E-state index in [2.05, 4.69) is 42.8 Å². The number of carbonyl (C=O) groups is 1. The van der Waals surface area contributed by atoms with Crippen LogP contribution in [0.1, 0.15) is 38.8 Å². The van der Waals surface area contributed by atoms with Crippen LogP contribution in [0.25, 0.3) is 25.8 Å². The smallest absolute Gasteiger partial charge is 0.343 e. The Hall–Kier alpha value is -2.93. The highest BCUT2D eigenvalue weighted by Crippen LogP contribution is 2.49. The van der Waals surface area contributed by atoms with Gasteiger partial charge in [0.1, 0.15) is 0 Å². The Morgan fingerprint density at radius 1 is 0.941 bits per heavy atom. The van der Waals surface area contributed by atoms with Gasteiger partial charge < -0.3 is 4.74 Å². The average Bonchev–Trinajstić information content (AvgIpc) is 3.01. The Morgan fingerprint density at radius 2 is 1.56 bits per heavy atom. The molecule has 0 N–H and O–H groups in total. The van der Waals surface area contributed by atoms with Crippen LogP contribution in [0.2, 0.25) is 0 Å². The van der Waals surface area contributed by atoms with E-state index in [1.54, 1.807) is 13.8 Å². The molecule has 4 rings (SSSR count). The van der Waals surface area contributed by atoms with Gasteiger partial charge in [-0.3, -0.25) is 0 Å². The number of rotatable bonds is 5. The van der Waals surface area contributed by atoms with Crippen molar-refractivity contribution in [3.05, 3.63) is 75.7 Å². The molecule has 0 radical (unpaired) electrons. The fourth-order valence-electron chi connectivity index (χ4n) is 4.32. The highest BCUT2D eigenvalue weighted by atomic mass is 32.2. The maximum absolute atomic E-state index is 13.6. The Bertz CT molecular complexity index is 1410. The molecule has 1 aromatic heterocycles. The van der Waals surface area contributed by atoms with E-state index in [-0.39, 0.29) is 23.0 Å². The Morgan fingerprint density at radius 3 is 2.18 bits per heavy atom. The number of thiophene rings is 1. The second-order valence-electron chi connectivity index (χ2n) is 8.75. The SMILES string of the molecule is Cc1cc(-[s+]2c(C)c(C)c3c4ccccc4ccc32)cc(C)c1C(=O)OCC(F)(F)C(C)(F)F. The van der Waals surface area contributed by atoms with Crippen LogP contribution >= 0.6 is 10.5 Å². The van der Waals surface area contributed by atoms with Crippen molar-refractivity contribution in [2.45, 2.75) is 46.5 Å². The van der Waals surface area contributed by atoms with Gasteiger partial charge in [0.25, 0.3) is 0 Å². The lowest BCUT2D eigenvalue weighted by Gasteiger charge is -2.22. The van der Waals surface area contributed by atoms with Crippen molar-refractivity contribution in [2.24, 2.45) is 0 Å². The lowest BCUT2D eigenvalue weighted by atomic mass is 10.0. The van der Waals surface area contributed by atoms with Crippen molar-refractivity contribution < 1.29 is 27.1 Å². The van der Waals surface area contributed by atoms with Crippen molar-refractivity contribution in [3.8, 4) is 4.90 Å². The van der Waals surface area contributed by atoms with Crippen LogP contribution in [0.5, 0.6) is 0 Å². The summed E-state index contributed by atoms with van der Waals surface area (Å²) in [6.07, 6.45) is 0. The summed E-state index contributed by atoms with van der Waals surface area (Å²) in [4.78, 5) is 14.8. The first-order valence-electron chi connectivity index (χ1n) is 10.8. The molecule has 1 atom stereocenters. The predicted molar refractivity (Wildman–Crippen MR) is 130 cm³/mol. The van der Waals surface area contributed by atoms with Gasteiger partial charge in [0.15, 0.2) is 21.1 Å². The summed E-state index contributed by atoms with van der Waals surface area (Å²) < 4.78 is 59.1. The molecule has 1 unspecified atom stereocenters. The van der Waals surface area contributed by atoms with Crippen LogP contribution in [0, 0.1) is 27.7 Å². The minimum absolute atomic E-state index is 0.105. The van der Waals surface area contributed by atoms with Crippen LogP contribution < -0.4 is 0 Å². The third-order valence-electron chi connectivity index (χ3n) is 6.29. The molecule has 3 aromatic carbocycles. The van der Waals surface area contributed by atoms with Crippen molar-refractivity contribution >= 4 is 37.3 Å². The van der Waals surface area contributed by atoms with Gasteiger partial charge in [-0.2, -0.15) is 8.78 Å². The van der Waals surface area contributed by atoms with E-state index in [0.717, 1.165) is 4.90 Å². The second-order valence-corrected chi connectivity index (χ2v) is 10.9. The largest absolute Gasteiger partial charge is 0.455 e. The molecule has 0 fully saturated rings. The standard InChI is InChI=1S/C27H25F4O2S/c1-15-12-20(13-16(2)23(15)25(32)33-14-27(30,31)26(5,28)29)34-18(4)17(3)24-21-9-7-6-8-19(21)10-11-22(24)34/h6-13H,14H2,1-5H3/q+1. The van der Waals surface area contributed by atoms with Gasteiger partial charge >= 0.3 is 17.8 Å². The molecule has 0 bridgehead atoms. The third kappa shape index (κ3) is 3.96. The number of esters is 1. The lowest BCUT2D eigenvalue weighted by molar-refractivity contribution is -0.215. The Labute approximate surface area is 198 Å². The topological polar surface area (TPSA) is 26.3 Å². The van der Waals surface area contributed by atoms with Crippen LogP contribution in [0.4, 0.5) is 17.6 Å². The summed E-state index contributed by atoms with van der Waals surface area (Å²) in [6.45, 7) is 6.05. The molecule has 0 saturated heterocycles. The summed E-state index contributed by atoms with van der Waals surface area (Å²) in [6, 6.07) is 16.2. The summed E-state index contributed by atoms with van der Waals surface area (Å²) in [7, 11) is -0.360. The number of aryl methyl sites for hydroxylation is 3. The highest BCUT2D eigenvalue weighted by molar-refractivity contribution is 7.45. The maximum atomic E-state index is 13.6. The molecule has 7 heteroatoms. The Balaban J connectivity index is 1.76. The van der Waals surface area contributed by atoms with E-state index in [4.69, 9.17) is 0 Å². The number of carbonyl (C=O) groups excluding carboxylic acids is 1. The number of fused-ring (bicyclic) bond motifs is 3. The molecule has 0 saturated carbocycles. The second kappa shape index (κ2) is 8.38. The normalized spacial score (nSPS) is 13.0. The molecule has 34 heavy (non-hydrogen) atoms. The Kier molecular flexibility index (Phi) is 5.96. The van der Waals surface area contributed by atoms with Crippen LogP contribution in [0.3, 0.4) is 0 Å². The zero-order valence-corrected chi connectivity index (χ0v) is 20.4. The highest BCUT2D eigenvalue weighted by Gasteiger charge is 2.53. The molecule has 0 amide bonds. The monoisotopic (exact) mass is 489 g/mol. The summed E-state index contributed by atoms with van der Waals surface area (Å²) in [5.41, 5.74) is 2.45. The average molecular weight is 490 g/mol. The zero-order valence-electron chi connectivity index (χ0n) is 19.6. The van der Waals surface area contributed by atoms with Crippen LogP contribution in [-0.2, 0) is 4.74 Å². The minimum Gasteiger partial charge on any atom is -0.455 e. The molecule has 0 aliphatic heterocycles. The number of benzene rings is 3. The van der Waals surface area contributed by atoms with Crippen molar-refractivity contribution in [3.63, 3.8) is 0 Å². The van der Waals surface area contributed by atoms with E-state index in [1.165, 1.54) is 31.3 Å². The van der Waals surface area contributed by atoms with Gasteiger partial charge in [0, 0.05) is 42.0 Å². The third-order valence-corrected chi connectivity index (χ3v) is 8.70. The van der Waals surface area contributed by atoms with Crippen molar-refractivity contribution in [2.75, 3.05) is 6.61 Å². The van der Waals surface area contributed by atoms with Gasteiger partial charge in [-0.25, -0.2) is 13.6 Å². The molecule has 178 valence electrons. The first-order chi connectivity index (χ1) is 15.8. The van der Waals surface area contributed by atoms with E-state index in [9.17, 15) is 22.4 Å². The molecule has 1 heterocycles. The van der Waals surface area contributed by atoms with E-state index < -0.39 is 24.4 Å². The van der Waals surface area contributed by atoms with E-state index in [0.29, 0.717) is 11.1 Å². The van der Waals surface area contributed by atoms with Gasteiger partial charge in [0.2, 0.25) is 0 Å². The van der Waals surface area contributed by atoms with Crippen LogP contribution in [0.15, 0.2) is 48.5 Å². The summed E-state index contributed by atoms with van der Waals surface area (Å²) >= 11 is 0. The molecular formula is C27H25F4O2S+. The number of alkyl halides is 4. The molecule has 2 nitrogen and oxygen atoms in total. The number of hydrogen-bond acceptors (Lipinski definition) is 2. The van der Waals surface area contributed by atoms with Crippen molar-refractivity contribution in [1.29, 1.82) is 0 Å². The summed E-state index contributed by atoms with van der Waals surface area (Å²) in [5, 5.41) is 3.58. The number of hydrogen-bond donors (Lipinski definition) is 0. The summed E-state index contributed by atoms with van der Waals surface area (Å²) in [5.74, 6) is -9.76. The molecule has 0 spiro atoms. The zero-order chi connectivity index (χ0) is 25.0. The van der Waals surface area contributed by atoms with Gasteiger partial charge in [-0.1, -0.05) is 24.3 Å². The fourth-order valence-corrected chi connectivity index (χ4v) is 6.93. The van der Waals surface area contributed by atoms with E-state index >= 15 is 0 Å². The van der Waals surface area contributed by atoms with Gasteiger partial charge in [-0.05, 0) is 54.8 Å². The first kappa shape index (κ1) is 24.2. The molecule has 4 aromatic rings. The minimum atomic E-state index is -4.44. The molecule has 0 aliphatic rings. The van der Waals surface area contributed by atoms with Gasteiger partial charge in [-0.15, -0.1) is 0 Å². The predicted octanol–water partition coefficient (Wildman–Crippen LogP) is 8.41. The number of halogens is 4. The van der Waals surface area contributed by atoms with Crippen LogP contribution in [-0.4, -0.2) is 24.4 Å². The maximum Gasteiger partial charge on any atom is 0.343 e. The first-order valence-corrected chi connectivity index (χ1v) is 12.0.